The van der Waals surface area contributed by atoms with Gasteiger partial charge in [0, 0.05) is 11.1 Å². The second kappa shape index (κ2) is 4.98. The Morgan fingerprint density at radius 3 is 2.55 bits per heavy atom. The first-order valence-electron chi connectivity index (χ1n) is 6.40. The highest BCUT2D eigenvalue weighted by Crippen LogP contribution is 2.36. The van der Waals surface area contributed by atoms with Crippen molar-refractivity contribution in [1.82, 2.24) is 0 Å². The lowest BCUT2D eigenvalue weighted by Gasteiger charge is -2.29. The number of aliphatic hydroxyl groups excluding tert-OH is 1. The molecule has 0 aliphatic carbocycles. The van der Waals surface area contributed by atoms with Crippen molar-refractivity contribution < 1.29 is 19.7 Å². The Morgan fingerprint density at radius 1 is 1.10 bits per heavy atom. The minimum atomic E-state index is -0.874. The maximum absolute atomic E-state index is 12.4. The molecule has 102 valence electrons. The van der Waals surface area contributed by atoms with Crippen LogP contribution in [0.4, 0.5) is 0 Å². The first-order chi connectivity index (χ1) is 9.66. The molecule has 1 heterocycles. The summed E-state index contributed by atoms with van der Waals surface area (Å²) in [6, 6.07) is 13.2. The van der Waals surface area contributed by atoms with E-state index >= 15 is 0 Å². The molecular formula is C16H14O4. The maximum atomic E-state index is 12.4. The number of hydrogen-bond acceptors (Lipinski definition) is 4. The number of fused-ring (bicyclic) bond motifs is 1. The van der Waals surface area contributed by atoms with E-state index in [1.165, 1.54) is 12.1 Å². The maximum Gasteiger partial charge on any atom is 0.172 e. The van der Waals surface area contributed by atoms with E-state index in [0.29, 0.717) is 16.9 Å². The fraction of sp³-hybridized carbons (Fsp3) is 0.188. The Morgan fingerprint density at radius 2 is 1.80 bits per heavy atom. The normalized spacial score (nSPS) is 20.9. The summed E-state index contributed by atoms with van der Waals surface area (Å²) >= 11 is 0. The molecule has 2 aromatic rings. The Labute approximate surface area is 116 Å². The molecular weight excluding hydrogens is 256 g/mol. The van der Waals surface area contributed by atoms with Gasteiger partial charge in [-0.2, -0.15) is 0 Å². The van der Waals surface area contributed by atoms with Crippen LogP contribution in [0.1, 0.15) is 22.0 Å². The van der Waals surface area contributed by atoms with Crippen LogP contribution >= 0.6 is 0 Å². The van der Waals surface area contributed by atoms with E-state index in [1.54, 1.807) is 30.3 Å². The number of carbonyl (C=O) groups is 1. The summed E-state index contributed by atoms with van der Waals surface area (Å²) in [5, 5.41) is 19.6. The summed E-state index contributed by atoms with van der Waals surface area (Å²) < 4.78 is 5.54. The van der Waals surface area contributed by atoms with Gasteiger partial charge in [0.15, 0.2) is 5.78 Å². The van der Waals surface area contributed by atoms with Crippen molar-refractivity contribution in [3.05, 3.63) is 59.7 Å². The number of ether oxygens (including phenoxy) is 1. The number of phenols is 1. The molecule has 0 aromatic heterocycles. The summed E-state index contributed by atoms with van der Waals surface area (Å²) in [6.07, 6.45) is -0.874. The largest absolute Gasteiger partial charge is 0.508 e. The molecule has 2 N–H and O–H groups in total. The van der Waals surface area contributed by atoms with Crippen LogP contribution < -0.4 is 4.74 Å². The molecule has 1 aliphatic heterocycles. The SMILES string of the molecule is O=C(c1ccc(O)cc1)C1COc2ccccc2C1O. The van der Waals surface area contributed by atoms with Gasteiger partial charge >= 0.3 is 0 Å². The number of rotatable bonds is 2. The highest BCUT2D eigenvalue weighted by atomic mass is 16.5. The molecule has 0 radical (unpaired) electrons. The van der Waals surface area contributed by atoms with Gasteiger partial charge in [0.2, 0.25) is 0 Å². The van der Waals surface area contributed by atoms with Gasteiger partial charge < -0.3 is 14.9 Å². The third-order valence-electron chi connectivity index (χ3n) is 3.53. The van der Waals surface area contributed by atoms with Gasteiger partial charge in [-0.15, -0.1) is 0 Å². The van der Waals surface area contributed by atoms with Crippen molar-refractivity contribution in [2.45, 2.75) is 6.10 Å². The van der Waals surface area contributed by atoms with Gasteiger partial charge in [0.25, 0.3) is 0 Å². The first-order valence-corrected chi connectivity index (χ1v) is 6.40. The highest BCUT2D eigenvalue weighted by molar-refractivity contribution is 5.98. The molecule has 0 amide bonds. The van der Waals surface area contributed by atoms with E-state index in [0.717, 1.165) is 0 Å². The lowest BCUT2D eigenvalue weighted by Crippen LogP contribution is -2.32. The van der Waals surface area contributed by atoms with Gasteiger partial charge in [-0.3, -0.25) is 4.79 Å². The van der Waals surface area contributed by atoms with Gasteiger partial charge in [-0.1, -0.05) is 18.2 Å². The third-order valence-corrected chi connectivity index (χ3v) is 3.53. The molecule has 0 bridgehead atoms. The van der Waals surface area contributed by atoms with Gasteiger partial charge in [-0.05, 0) is 30.3 Å². The topological polar surface area (TPSA) is 66.8 Å². The second-order valence-corrected chi connectivity index (χ2v) is 4.81. The third kappa shape index (κ3) is 2.14. The summed E-state index contributed by atoms with van der Waals surface area (Å²) in [4.78, 5) is 12.4. The molecule has 2 aromatic carbocycles. The van der Waals surface area contributed by atoms with Crippen LogP contribution in [0.15, 0.2) is 48.5 Å². The van der Waals surface area contributed by atoms with Crippen molar-refractivity contribution in [1.29, 1.82) is 0 Å². The Balaban J connectivity index is 1.89. The number of hydrogen-bond donors (Lipinski definition) is 2. The predicted molar refractivity (Wildman–Crippen MR) is 72.8 cm³/mol. The van der Waals surface area contributed by atoms with Gasteiger partial charge in [-0.25, -0.2) is 0 Å². The molecule has 4 heteroatoms. The summed E-state index contributed by atoms with van der Waals surface area (Å²) in [6.45, 7) is 0.151. The van der Waals surface area contributed by atoms with E-state index < -0.39 is 12.0 Å². The summed E-state index contributed by atoms with van der Waals surface area (Å²) in [5.74, 6) is -0.0939. The fourth-order valence-corrected chi connectivity index (χ4v) is 2.40. The quantitative estimate of drug-likeness (QED) is 0.822. The number of phenolic OH excluding ortho intramolecular Hbond substituents is 1. The lowest BCUT2D eigenvalue weighted by molar-refractivity contribution is 0.0418. The molecule has 4 nitrogen and oxygen atoms in total. The van der Waals surface area contributed by atoms with E-state index in [2.05, 4.69) is 0 Å². The zero-order valence-electron chi connectivity index (χ0n) is 10.7. The van der Waals surface area contributed by atoms with E-state index in [9.17, 15) is 15.0 Å². The Bertz CT molecular complexity index is 633. The zero-order chi connectivity index (χ0) is 14.1. The van der Waals surface area contributed by atoms with Crippen molar-refractivity contribution >= 4 is 5.78 Å². The second-order valence-electron chi connectivity index (χ2n) is 4.81. The number of aromatic hydroxyl groups is 1. The monoisotopic (exact) mass is 270 g/mol. The van der Waals surface area contributed by atoms with Crippen molar-refractivity contribution in [2.75, 3.05) is 6.61 Å². The standard InChI is InChI=1S/C16H14O4/c17-11-7-5-10(6-8-11)15(18)13-9-20-14-4-2-1-3-12(14)16(13)19/h1-8,13,16-17,19H,9H2. The van der Waals surface area contributed by atoms with E-state index in [-0.39, 0.29) is 18.1 Å². The number of Topliss-reactive ketones (excluding diaryl/α,β-unsaturated/α-hetero) is 1. The molecule has 3 rings (SSSR count). The average molecular weight is 270 g/mol. The van der Waals surface area contributed by atoms with E-state index in [1.807, 2.05) is 6.07 Å². The summed E-state index contributed by atoms with van der Waals surface area (Å²) in [7, 11) is 0. The summed E-state index contributed by atoms with van der Waals surface area (Å²) in [5.41, 5.74) is 1.09. The van der Waals surface area contributed by atoms with E-state index in [4.69, 9.17) is 4.74 Å². The number of ketones is 1. The van der Waals surface area contributed by atoms with Crippen LogP contribution in [-0.4, -0.2) is 22.6 Å². The molecule has 0 fully saturated rings. The highest BCUT2D eigenvalue weighted by Gasteiger charge is 2.34. The molecule has 0 saturated carbocycles. The van der Waals surface area contributed by atoms with Gasteiger partial charge in [0.1, 0.15) is 18.1 Å². The van der Waals surface area contributed by atoms with Crippen LogP contribution in [0.3, 0.4) is 0 Å². The predicted octanol–water partition coefficient (Wildman–Crippen LogP) is 2.32. The van der Waals surface area contributed by atoms with Crippen molar-refractivity contribution in [3.63, 3.8) is 0 Å². The average Bonchev–Trinajstić information content (AvgIpc) is 2.48. The first kappa shape index (κ1) is 12.7. The minimum absolute atomic E-state index is 0.104. The van der Waals surface area contributed by atoms with Crippen LogP contribution in [0.2, 0.25) is 0 Å². The van der Waals surface area contributed by atoms with Crippen LogP contribution in [0.25, 0.3) is 0 Å². The molecule has 2 atom stereocenters. The smallest absolute Gasteiger partial charge is 0.172 e. The molecule has 2 unspecified atom stereocenters. The number of carbonyl (C=O) groups excluding carboxylic acids is 1. The number of para-hydroxylation sites is 1. The fourth-order valence-electron chi connectivity index (χ4n) is 2.40. The molecule has 1 aliphatic rings. The number of benzene rings is 2. The van der Waals surface area contributed by atoms with Crippen molar-refractivity contribution in [3.8, 4) is 11.5 Å². The minimum Gasteiger partial charge on any atom is -0.508 e. The Kier molecular flexibility index (Phi) is 3.16. The Hall–Kier alpha value is -2.33. The number of aliphatic hydroxyl groups is 1. The molecule has 0 spiro atoms. The van der Waals surface area contributed by atoms with Crippen LogP contribution in [0, 0.1) is 5.92 Å². The lowest BCUT2D eigenvalue weighted by atomic mass is 9.87. The zero-order valence-corrected chi connectivity index (χ0v) is 10.7. The van der Waals surface area contributed by atoms with Gasteiger partial charge in [0.05, 0.1) is 12.0 Å². The molecule has 20 heavy (non-hydrogen) atoms. The van der Waals surface area contributed by atoms with Crippen LogP contribution in [0.5, 0.6) is 11.5 Å². The van der Waals surface area contributed by atoms with Crippen molar-refractivity contribution in [2.24, 2.45) is 5.92 Å². The molecule has 0 saturated heterocycles. The van der Waals surface area contributed by atoms with Crippen LogP contribution in [-0.2, 0) is 0 Å².